The van der Waals surface area contributed by atoms with Gasteiger partial charge in [0.15, 0.2) is 0 Å². The van der Waals surface area contributed by atoms with Gasteiger partial charge < -0.3 is 10.4 Å². The predicted molar refractivity (Wildman–Crippen MR) is 56.3 cm³/mol. The van der Waals surface area contributed by atoms with Crippen molar-refractivity contribution >= 4 is 17.5 Å². The van der Waals surface area contributed by atoms with E-state index in [1.54, 1.807) is 6.92 Å². The monoisotopic (exact) mass is 219 g/mol. The Labute approximate surface area is 89.8 Å². The highest BCUT2D eigenvalue weighted by molar-refractivity contribution is 6.19. The van der Waals surface area contributed by atoms with Gasteiger partial charge in [-0.05, 0) is 12.8 Å². The Balaban J connectivity index is 2.29. The lowest BCUT2D eigenvalue weighted by molar-refractivity contribution is -0.125. The van der Waals surface area contributed by atoms with Crippen molar-refractivity contribution in [1.82, 2.24) is 5.32 Å². The summed E-state index contributed by atoms with van der Waals surface area (Å²) in [5, 5.41) is 12.7. The van der Waals surface area contributed by atoms with E-state index >= 15 is 0 Å². The quantitative estimate of drug-likeness (QED) is 0.700. The number of amides is 1. The molecule has 3 nitrogen and oxygen atoms in total. The van der Waals surface area contributed by atoms with Gasteiger partial charge in [0, 0.05) is 18.3 Å². The molecule has 2 N–H and O–H groups in total. The molecular weight excluding hydrogens is 202 g/mol. The van der Waals surface area contributed by atoms with Gasteiger partial charge in [0.25, 0.3) is 0 Å². The summed E-state index contributed by atoms with van der Waals surface area (Å²) in [6.45, 7) is 2.15. The number of carbonyl (C=O) groups excluding carboxylic acids is 1. The largest absolute Gasteiger partial charge is 0.388 e. The van der Waals surface area contributed by atoms with Gasteiger partial charge in [-0.3, -0.25) is 4.79 Å². The molecule has 0 bridgehead atoms. The van der Waals surface area contributed by atoms with Crippen LogP contribution in [-0.2, 0) is 4.79 Å². The van der Waals surface area contributed by atoms with E-state index in [1.165, 1.54) is 0 Å². The summed E-state index contributed by atoms with van der Waals surface area (Å²) in [5.41, 5.74) is -0.665. The van der Waals surface area contributed by atoms with Crippen LogP contribution in [0, 0.1) is 5.92 Å². The minimum Gasteiger partial charge on any atom is -0.388 e. The second kappa shape index (κ2) is 4.99. The normalized spacial score (nSPS) is 21.9. The first kappa shape index (κ1) is 11.8. The molecule has 82 valence electrons. The first-order chi connectivity index (χ1) is 6.57. The smallest absolute Gasteiger partial charge is 0.224 e. The van der Waals surface area contributed by atoms with Crippen molar-refractivity contribution in [2.24, 2.45) is 5.92 Å². The third-order valence-corrected chi connectivity index (χ3v) is 3.27. The van der Waals surface area contributed by atoms with E-state index in [4.69, 9.17) is 11.6 Å². The van der Waals surface area contributed by atoms with Crippen LogP contribution in [0.3, 0.4) is 0 Å². The molecule has 1 unspecified atom stereocenters. The summed E-state index contributed by atoms with van der Waals surface area (Å²) < 4.78 is 0. The SMILES string of the molecule is CC(CCl)C(=O)NCC1(O)CCCC1. The van der Waals surface area contributed by atoms with Crippen molar-refractivity contribution in [3.8, 4) is 0 Å². The molecule has 1 atom stereocenters. The molecule has 1 rings (SSSR count). The minimum atomic E-state index is -0.665. The molecule has 1 fully saturated rings. The van der Waals surface area contributed by atoms with E-state index in [0.29, 0.717) is 12.4 Å². The fourth-order valence-electron chi connectivity index (χ4n) is 1.71. The average Bonchev–Trinajstić information content (AvgIpc) is 2.61. The summed E-state index contributed by atoms with van der Waals surface area (Å²) in [6, 6.07) is 0. The summed E-state index contributed by atoms with van der Waals surface area (Å²) >= 11 is 5.55. The first-order valence-electron chi connectivity index (χ1n) is 5.13. The van der Waals surface area contributed by atoms with Crippen LogP contribution in [0.2, 0.25) is 0 Å². The van der Waals surface area contributed by atoms with E-state index in [1.807, 2.05) is 0 Å². The van der Waals surface area contributed by atoms with Crippen molar-refractivity contribution in [3.05, 3.63) is 0 Å². The van der Waals surface area contributed by atoms with Gasteiger partial charge in [-0.15, -0.1) is 11.6 Å². The van der Waals surface area contributed by atoms with Crippen molar-refractivity contribution in [1.29, 1.82) is 0 Å². The highest BCUT2D eigenvalue weighted by Crippen LogP contribution is 2.28. The zero-order chi connectivity index (χ0) is 10.6. The van der Waals surface area contributed by atoms with Crippen LogP contribution < -0.4 is 5.32 Å². The van der Waals surface area contributed by atoms with Crippen LogP contribution in [0.1, 0.15) is 32.6 Å². The molecule has 1 amide bonds. The molecule has 1 saturated carbocycles. The number of hydrogen-bond donors (Lipinski definition) is 2. The van der Waals surface area contributed by atoms with E-state index in [0.717, 1.165) is 25.7 Å². The maximum Gasteiger partial charge on any atom is 0.224 e. The standard InChI is InChI=1S/C10H18ClNO2/c1-8(6-11)9(13)12-7-10(14)4-2-3-5-10/h8,14H,2-7H2,1H3,(H,12,13). The van der Waals surface area contributed by atoms with Crippen LogP contribution in [0.15, 0.2) is 0 Å². The number of hydrogen-bond acceptors (Lipinski definition) is 2. The Morgan fingerprint density at radius 3 is 2.64 bits per heavy atom. The summed E-state index contributed by atoms with van der Waals surface area (Å²) in [7, 11) is 0. The van der Waals surface area contributed by atoms with E-state index in [2.05, 4.69) is 5.32 Å². The lowest BCUT2D eigenvalue weighted by Gasteiger charge is -2.23. The van der Waals surface area contributed by atoms with E-state index < -0.39 is 5.60 Å². The molecule has 14 heavy (non-hydrogen) atoms. The van der Waals surface area contributed by atoms with Gasteiger partial charge in [-0.25, -0.2) is 0 Å². The molecule has 0 aromatic heterocycles. The second-order valence-corrected chi connectivity index (χ2v) is 4.51. The molecule has 0 spiro atoms. The number of rotatable bonds is 4. The molecule has 0 aliphatic heterocycles. The van der Waals surface area contributed by atoms with Gasteiger partial charge in [0.1, 0.15) is 0 Å². The van der Waals surface area contributed by atoms with Gasteiger partial charge >= 0.3 is 0 Å². The Morgan fingerprint density at radius 1 is 1.57 bits per heavy atom. The number of carbonyl (C=O) groups is 1. The zero-order valence-corrected chi connectivity index (χ0v) is 9.31. The number of aliphatic hydroxyl groups is 1. The second-order valence-electron chi connectivity index (χ2n) is 4.20. The Hall–Kier alpha value is -0.280. The number of alkyl halides is 1. The Bertz CT molecular complexity index is 202. The molecule has 4 heteroatoms. The lowest BCUT2D eigenvalue weighted by Crippen LogP contribution is -2.42. The third-order valence-electron chi connectivity index (χ3n) is 2.80. The fourth-order valence-corrected chi connectivity index (χ4v) is 1.85. The maximum atomic E-state index is 11.4. The van der Waals surface area contributed by atoms with Crippen molar-refractivity contribution < 1.29 is 9.90 Å². The molecule has 0 aromatic carbocycles. The van der Waals surface area contributed by atoms with Crippen LogP contribution in [0.25, 0.3) is 0 Å². The average molecular weight is 220 g/mol. The van der Waals surface area contributed by atoms with Crippen molar-refractivity contribution in [2.45, 2.75) is 38.2 Å². The minimum absolute atomic E-state index is 0.0691. The van der Waals surface area contributed by atoms with Crippen molar-refractivity contribution in [3.63, 3.8) is 0 Å². The zero-order valence-electron chi connectivity index (χ0n) is 8.55. The predicted octanol–water partition coefficient (Wildman–Crippen LogP) is 1.28. The fraction of sp³-hybridized carbons (Fsp3) is 0.900. The Kier molecular flexibility index (Phi) is 4.20. The molecule has 1 aliphatic carbocycles. The number of nitrogens with one attached hydrogen (secondary N) is 1. The highest BCUT2D eigenvalue weighted by Gasteiger charge is 2.31. The molecule has 0 radical (unpaired) electrons. The van der Waals surface area contributed by atoms with Crippen LogP contribution in [-0.4, -0.2) is 29.0 Å². The molecular formula is C10H18ClNO2. The summed E-state index contributed by atoms with van der Waals surface area (Å²) in [4.78, 5) is 11.4. The van der Waals surface area contributed by atoms with Gasteiger partial charge in [-0.2, -0.15) is 0 Å². The number of halogens is 1. The first-order valence-corrected chi connectivity index (χ1v) is 5.67. The van der Waals surface area contributed by atoms with Crippen molar-refractivity contribution in [2.75, 3.05) is 12.4 Å². The van der Waals surface area contributed by atoms with E-state index in [9.17, 15) is 9.90 Å². The summed E-state index contributed by atoms with van der Waals surface area (Å²) in [6.07, 6.45) is 3.69. The lowest BCUT2D eigenvalue weighted by atomic mass is 10.0. The topological polar surface area (TPSA) is 49.3 Å². The summed E-state index contributed by atoms with van der Waals surface area (Å²) in [5.74, 6) is 0.0755. The van der Waals surface area contributed by atoms with Gasteiger partial charge in [0.2, 0.25) is 5.91 Å². The third kappa shape index (κ3) is 3.14. The molecule has 1 aliphatic rings. The highest BCUT2D eigenvalue weighted by atomic mass is 35.5. The van der Waals surface area contributed by atoms with Crippen LogP contribution in [0.5, 0.6) is 0 Å². The van der Waals surface area contributed by atoms with Gasteiger partial charge in [0.05, 0.1) is 5.60 Å². The van der Waals surface area contributed by atoms with E-state index in [-0.39, 0.29) is 11.8 Å². The molecule has 0 saturated heterocycles. The van der Waals surface area contributed by atoms with Gasteiger partial charge in [-0.1, -0.05) is 19.8 Å². The van der Waals surface area contributed by atoms with Crippen LogP contribution >= 0.6 is 11.6 Å². The Morgan fingerprint density at radius 2 is 2.14 bits per heavy atom. The molecule has 0 aromatic rings. The molecule has 0 heterocycles. The maximum absolute atomic E-state index is 11.4. The van der Waals surface area contributed by atoms with Crippen LogP contribution in [0.4, 0.5) is 0 Å².